The van der Waals surface area contributed by atoms with Gasteiger partial charge in [0.25, 0.3) is 0 Å². The smallest absolute Gasteiger partial charge is 0.0620 e. The van der Waals surface area contributed by atoms with E-state index in [2.05, 4.69) is 18.7 Å². The van der Waals surface area contributed by atoms with Crippen molar-refractivity contribution < 1.29 is 4.74 Å². The van der Waals surface area contributed by atoms with Crippen molar-refractivity contribution >= 4 is 0 Å². The molecule has 1 aliphatic heterocycles. The molecule has 0 aromatic carbocycles. The van der Waals surface area contributed by atoms with Crippen LogP contribution in [0.25, 0.3) is 0 Å². The standard InChI is InChI=1S/C10H22N2O/c1-8(2)10(7-13-3)12-5-4-9(11)6-12/h8-10H,4-7,11H2,1-3H3. The van der Waals surface area contributed by atoms with Gasteiger partial charge in [-0.2, -0.15) is 0 Å². The van der Waals surface area contributed by atoms with Crippen LogP contribution >= 0.6 is 0 Å². The van der Waals surface area contributed by atoms with Gasteiger partial charge in [0.1, 0.15) is 0 Å². The van der Waals surface area contributed by atoms with Crippen molar-refractivity contribution in [2.75, 3.05) is 26.8 Å². The fourth-order valence-electron chi connectivity index (χ4n) is 2.01. The second kappa shape index (κ2) is 4.94. The fourth-order valence-corrected chi connectivity index (χ4v) is 2.01. The Morgan fingerprint density at radius 3 is 2.62 bits per heavy atom. The van der Waals surface area contributed by atoms with Gasteiger partial charge < -0.3 is 10.5 Å². The van der Waals surface area contributed by atoms with Gasteiger partial charge in [0.15, 0.2) is 0 Å². The third-order valence-corrected chi connectivity index (χ3v) is 2.83. The van der Waals surface area contributed by atoms with Gasteiger partial charge in [-0.1, -0.05) is 13.8 Å². The number of likely N-dealkylation sites (tertiary alicyclic amines) is 1. The number of nitrogens with zero attached hydrogens (tertiary/aromatic N) is 1. The van der Waals surface area contributed by atoms with E-state index < -0.39 is 0 Å². The van der Waals surface area contributed by atoms with Gasteiger partial charge in [-0.25, -0.2) is 0 Å². The molecule has 1 saturated heterocycles. The van der Waals surface area contributed by atoms with E-state index in [1.54, 1.807) is 7.11 Å². The Bertz CT molecular complexity index is 150. The average Bonchev–Trinajstić information content (AvgIpc) is 2.46. The van der Waals surface area contributed by atoms with E-state index in [4.69, 9.17) is 10.5 Å². The summed E-state index contributed by atoms with van der Waals surface area (Å²) in [5, 5.41) is 0. The van der Waals surface area contributed by atoms with E-state index >= 15 is 0 Å². The largest absolute Gasteiger partial charge is 0.383 e. The first kappa shape index (κ1) is 11.0. The highest BCUT2D eigenvalue weighted by Crippen LogP contribution is 2.17. The number of nitrogens with two attached hydrogens (primary N) is 1. The van der Waals surface area contributed by atoms with Gasteiger partial charge in [0.05, 0.1) is 6.61 Å². The first-order valence-electron chi connectivity index (χ1n) is 5.13. The quantitative estimate of drug-likeness (QED) is 0.702. The fraction of sp³-hybridized carbons (Fsp3) is 1.00. The molecular weight excluding hydrogens is 164 g/mol. The molecule has 0 saturated carbocycles. The molecule has 1 rings (SSSR count). The van der Waals surface area contributed by atoms with Crippen LogP contribution in [0.4, 0.5) is 0 Å². The summed E-state index contributed by atoms with van der Waals surface area (Å²) < 4.78 is 5.23. The monoisotopic (exact) mass is 186 g/mol. The minimum atomic E-state index is 0.373. The van der Waals surface area contributed by atoms with Gasteiger partial charge in [-0.3, -0.25) is 4.90 Å². The molecule has 0 amide bonds. The zero-order chi connectivity index (χ0) is 9.84. The van der Waals surface area contributed by atoms with Crippen molar-refractivity contribution in [3.05, 3.63) is 0 Å². The number of ether oxygens (including phenoxy) is 1. The topological polar surface area (TPSA) is 38.5 Å². The van der Waals surface area contributed by atoms with Crippen LogP contribution in [-0.4, -0.2) is 43.8 Å². The number of hydrogen-bond acceptors (Lipinski definition) is 3. The highest BCUT2D eigenvalue weighted by Gasteiger charge is 2.27. The number of methoxy groups -OCH3 is 1. The molecule has 3 nitrogen and oxygen atoms in total. The third kappa shape index (κ3) is 2.93. The SMILES string of the molecule is COCC(C(C)C)N1CCC(N)C1. The van der Waals surface area contributed by atoms with Crippen LogP contribution in [0, 0.1) is 5.92 Å². The van der Waals surface area contributed by atoms with Crippen molar-refractivity contribution in [1.29, 1.82) is 0 Å². The minimum absolute atomic E-state index is 0.373. The van der Waals surface area contributed by atoms with Crippen LogP contribution in [0.3, 0.4) is 0 Å². The molecule has 2 atom stereocenters. The first-order chi connectivity index (χ1) is 6.15. The number of hydrogen-bond donors (Lipinski definition) is 1. The molecule has 1 heterocycles. The maximum Gasteiger partial charge on any atom is 0.0620 e. The van der Waals surface area contributed by atoms with E-state index in [1.807, 2.05) is 0 Å². The van der Waals surface area contributed by atoms with E-state index in [-0.39, 0.29) is 0 Å². The molecule has 0 bridgehead atoms. The van der Waals surface area contributed by atoms with Crippen LogP contribution in [0.2, 0.25) is 0 Å². The summed E-state index contributed by atoms with van der Waals surface area (Å²) >= 11 is 0. The Labute approximate surface area is 81.2 Å². The molecule has 2 N–H and O–H groups in total. The highest BCUT2D eigenvalue weighted by atomic mass is 16.5. The van der Waals surface area contributed by atoms with Gasteiger partial charge in [-0.15, -0.1) is 0 Å². The molecule has 0 spiro atoms. The van der Waals surface area contributed by atoms with Crippen molar-refractivity contribution in [3.63, 3.8) is 0 Å². The summed E-state index contributed by atoms with van der Waals surface area (Å²) in [5.74, 6) is 0.644. The second-order valence-electron chi connectivity index (χ2n) is 4.31. The molecule has 1 aliphatic rings. The highest BCUT2D eigenvalue weighted by molar-refractivity contribution is 4.84. The lowest BCUT2D eigenvalue weighted by Gasteiger charge is -2.30. The van der Waals surface area contributed by atoms with Crippen molar-refractivity contribution in [2.24, 2.45) is 11.7 Å². The van der Waals surface area contributed by atoms with Gasteiger partial charge in [0, 0.05) is 32.3 Å². The Morgan fingerprint density at radius 1 is 1.54 bits per heavy atom. The molecule has 78 valence electrons. The van der Waals surface area contributed by atoms with E-state index in [0.29, 0.717) is 18.0 Å². The Morgan fingerprint density at radius 2 is 2.23 bits per heavy atom. The average molecular weight is 186 g/mol. The molecule has 2 unspecified atom stereocenters. The summed E-state index contributed by atoms with van der Waals surface area (Å²) in [6, 6.07) is 0.914. The van der Waals surface area contributed by atoms with Crippen molar-refractivity contribution in [3.8, 4) is 0 Å². The predicted octanol–water partition coefficient (Wildman–Crippen LogP) is 0.690. The Balaban J connectivity index is 2.44. The van der Waals surface area contributed by atoms with E-state index in [1.165, 1.54) is 0 Å². The summed E-state index contributed by atoms with van der Waals surface area (Å²) in [6.07, 6.45) is 1.13. The Kier molecular flexibility index (Phi) is 4.16. The minimum Gasteiger partial charge on any atom is -0.383 e. The van der Waals surface area contributed by atoms with Gasteiger partial charge in [0.2, 0.25) is 0 Å². The van der Waals surface area contributed by atoms with E-state index in [0.717, 1.165) is 26.1 Å². The summed E-state index contributed by atoms with van der Waals surface area (Å²) in [5.41, 5.74) is 5.88. The summed E-state index contributed by atoms with van der Waals surface area (Å²) in [4.78, 5) is 2.46. The second-order valence-corrected chi connectivity index (χ2v) is 4.31. The first-order valence-corrected chi connectivity index (χ1v) is 5.13. The zero-order valence-corrected chi connectivity index (χ0v) is 8.99. The van der Waals surface area contributed by atoms with Crippen molar-refractivity contribution in [1.82, 2.24) is 4.90 Å². The van der Waals surface area contributed by atoms with Crippen LogP contribution in [0.15, 0.2) is 0 Å². The lowest BCUT2D eigenvalue weighted by atomic mass is 10.0. The van der Waals surface area contributed by atoms with Crippen LogP contribution < -0.4 is 5.73 Å². The van der Waals surface area contributed by atoms with Crippen molar-refractivity contribution in [2.45, 2.75) is 32.4 Å². The molecule has 3 heteroatoms. The molecule has 13 heavy (non-hydrogen) atoms. The van der Waals surface area contributed by atoms with Crippen LogP contribution in [0.5, 0.6) is 0 Å². The summed E-state index contributed by atoms with van der Waals surface area (Å²) in [6.45, 7) is 7.48. The molecular formula is C10H22N2O. The molecule has 1 fully saturated rings. The molecule has 0 aromatic rings. The molecule has 0 aliphatic carbocycles. The number of rotatable bonds is 4. The molecule has 0 aromatic heterocycles. The normalized spacial score (nSPS) is 27.0. The Hall–Kier alpha value is -0.120. The summed E-state index contributed by atoms with van der Waals surface area (Å²) in [7, 11) is 1.77. The predicted molar refractivity (Wildman–Crippen MR) is 54.7 cm³/mol. The molecule has 0 radical (unpaired) electrons. The third-order valence-electron chi connectivity index (χ3n) is 2.83. The lowest BCUT2D eigenvalue weighted by molar-refractivity contribution is 0.0785. The van der Waals surface area contributed by atoms with Crippen LogP contribution in [-0.2, 0) is 4.74 Å². The van der Waals surface area contributed by atoms with Gasteiger partial charge >= 0.3 is 0 Å². The lowest BCUT2D eigenvalue weighted by Crippen LogP contribution is -2.41. The maximum atomic E-state index is 5.88. The van der Waals surface area contributed by atoms with E-state index in [9.17, 15) is 0 Å². The zero-order valence-electron chi connectivity index (χ0n) is 8.99. The maximum absolute atomic E-state index is 5.88. The van der Waals surface area contributed by atoms with Crippen LogP contribution in [0.1, 0.15) is 20.3 Å². The van der Waals surface area contributed by atoms with Gasteiger partial charge in [-0.05, 0) is 12.3 Å².